The predicted octanol–water partition coefficient (Wildman–Crippen LogP) is 3.50. The van der Waals surface area contributed by atoms with Gasteiger partial charge in [-0.05, 0) is 26.2 Å². The van der Waals surface area contributed by atoms with E-state index in [0.717, 1.165) is 13.2 Å². The van der Waals surface area contributed by atoms with Crippen molar-refractivity contribution in [2.24, 2.45) is 0 Å². The average Bonchev–Trinajstić information content (AvgIpc) is 2.79. The van der Waals surface area contributed by atoms with Gasteiger partial charge in [-0.1, -0.05) is 39.0 Å². The normalized spacial score (nSPS) is 22.5. The summed E-state index contributed by atoms with van der Waals surface area (Å²) in [6.07, 6.45) is 11.2. The van der Waals surface area contributed by atoms with Gasteiger partial charge in [-0.25, -0.2) is 0 Å². The molecule has 2 unspecified atom stereocenters. The average molecular weight is 227 g/mol. The lowest BCUT2D eigenvalue weighted by Gasteiger charge is -2.16. The van der Waals surface area contributed by atoms with E-state index in [9.17, 15) is 0 Å². The van der Waals surface area contributed by atoms with E-state index in [0.29, 0.717) is 12.1 Å². The number of unbranched alkanes of at least 4 members (excludes halogenated alkanes) is 4. The molecule has 1 N–H and O–H groups in total. The van der Waals surface area contributed by atoms with Gasteiger partial charge in [-0.2, -0.15) is 0 Å². The van der Waals surface area contributed by atoms with E-state index in [4.69, 9.17) is 4.74 Å². The molecule has 0 bridgehead atoms. The van der Waals surface area contributed by atoms with E-state index in [2.05, 4.69) is 19.2 Å². The molecule has 0 radical (unpaired) electrons. The lowest BCUT2D eigenvalue weighted by molar-refractivity contribution is 0.107. The standard InChI is InChI=1S/C14H29NO/c1-3-4-5-6-7-9-13(2)15-12-14-10-8-11-16-14/h13-15H,3-12H2,1-2H3. The zero-order chi connectivity index (χ0) is 11.6. The largest absolute Gasteiger partial charge is 0.377 e. The summed E-state index contributed by atoms with van der Waals surface area (Å²) < 4.78 is 5.60. The highest BCUT2D eigenvalue weighted by molar-refractivity contribution is 4.70. The van der Waals surface area contributed by atoms with Crippen LogP contribution in [0.3, 0.4) is 0 Å². The third kappa shape index (κ3) is 6.49. The molecular weight excluding hydrogens is 198 g/mol. The summed E-state index contributed by atoms with van der Waals surface area (Å²) in [4.78, 5) is 0. The topological polar surface area (TPSA) is 21.3 Å². The minimum Gasteiger partial charge on any atom is -0.377 e. The van der Waals surface area contributed by atoms with Crippen molar-refractivity contribution in [1.82, 2.24) is 5.32 Å². The summed E-state index contributed by atoms with van der Waals surface area (Å²) in [5.74, 6) is 0. The number of ether oxygens (including phenoxy) is 1. The molecule has 0 aromatic carbocycles. The van der Waals surface area contributed by atoms with Gasteiger partial charge >= 0.3 is 0 Å². The minimum atomic E-state index is 0.488. The van der Waals surface area contributed by atoms with Crippen molar-refractivity contribution >= 4 is 0 Å². The molecule has 1 fully saturated rings. The molecule has 1 heterocycles. The lowest BCUT2D eigenvalue weighted by atomic mass is 10.1. The van der Waals surface area contributed by atoms with E-state index >= 15 is 0 Å². The summed E-state index contributed by atoms with van der Waals surface area (Å²) >= 11 is 0. The fourth-order valence-electron chi connectivity index (χ4n) is 2.29. The molecule has 1 aliphatic rings. The van der Waals surface area contributed by atoms with Crippen molar-refractivity contribution in [3.05, 3.63) is 0 Å². The van der Waals surface area contributed by atoms with Gasteiger partial charge in [0.05, 0.1) is 6.10 Å². The van der Waals surface area contributed by atoms with Gasteiger partial charge in [0.1, 0.15) is 0 Å². The number of hydrogen-bond donors (Lipinski definition) is 1. The van der Waals surface area contributed by atoms with Crippen LogP contribution >= 0.6 is 0 Å². The van der Waals surface area contributed by atoms with Crippen LogP contribution in [-0.4, -0.2) is 25.3 Å². The monoisotopic (exact) mass is 227 g/mol. The Kier molecular flexibility index (Phi) is 7.87. The second kappa shape index (κ2) is 9.00. The molecule has 1 rings (SSSR count). The first kappa shape index (κ1) is 14.0. The highest BCUT2D eigenvalue weighted by Crippen LogP contribution is 2.12. The zero-order valence-electron chi connectivity index (χ0n) is 11.1. The molecule has 1 saturated heterocycles. The molecule has 0 aliphatic carbocycles. The molecule has 2 nitrogen and oxygen atoms in total. The maximum absolute atomic E-state index is 5.60. The summed E-state index contributed by atoms with van der Waals surface area (Å²) in [7, 11) is 0. The highest BCUT2D eigenvalue weighted by atomic mass is 16.5. The minimum absolute atomic E-state index is 0.488. The molecular formula is C14H29NO. The number of rotatable bonds is 9. The number of hydrogen-bond acceptors (Lipinski definition) is 2. The molecule has 96 valence electrons. The van der Waals surface area contributed by atoms with Gasteiger partial charge in [0.15, 0.2) is 0 Å². The first-order valence-corrected chi connectivity index (χ1v) is 7.18. The smallest absolute Gasteiger partial charge is 0.0700 e. The molecule has 0 aromatic heterocycles. The molecule has 0 saturated carbocycles. The van der Waals surface area contributed by atoms with Crippen LogP contribution in [0, 0.1) is 0 Å². The van der Waals surface area contributed by atoms with Crippen molar-refractivity contribution in [1.29, 1.82) is 0 Å². The van der Waals surface area contributed by atoms with Gasteiger partial charge in [-0.3, -0.25) is 0 Å². The summed E-state index contributed by atoms with van der Waals surface area (Å²) in [5, 5.41) is 3.59. The van der Waals surface area contributed by atoms with Gasteiger partial charge in [0, 0.05) is 19.2 Å². The predicted molar refractivity (Wildman–Crippen MR) is 69.8 cm³/mol. The van der Waals surface area contributed by atoms with Crippen LogP contribution in [0.25, 0.3) is 0 Å². The Labute approximate surface area is 101 Å². The van der Waals surface area contributed by atoms with E-state index in [1.165, 1.54) is 51.4 Å². The first-order chi connectivity index (χ1) is 7.83. The van der Waals surface area contributed by atoms with Crippen LogP contribution in [0.2, 0.25) is 0 Å². The van der Waals surface area contributed by atoms with Crippen molar-refractivity contribution < 1.29 is 4.74 Å². The van der Waals surface area contributed by atoms with Crippen LogP contribution in [0.15, 0.2) is 0 Å². The van der Waals surface area contributed by atoms with Crippen LogP contribution in [0.5, 0.6) is 0 Å². The molecule has 0 aromatic rings. The second-order valence-corrected chi connectivity index (χ2v) is 5.15. The first-order valence-electron chi connectivity index (χ1n) is 7.18. The van der Waals surface area contributed by atoms with Crippen molar-refractivity contribution in [2.75, 3.05) is 13.2 Å². The van der Waals surface area contributed by atoms with Gasteiger partial charge in [-0.15, -0.1) is 0 Å². The Morgan fingerprint density at radius 1 is 1.25 bits per heavy atom. The van der Waals surface area contributed by atoms with Crippen LogP contribution in [0.4, 0.5) is 0 Å². The molecule has 2 heteroatoms. The Bertz CT molecular complexity index is 155. The fourth-order valence-corrected chi connectivity index (χ4v) is 2.29. The molecule has 16 heavy (non-hydrogen) atoms. The van der Waals surface area contributed by atoms with E-state index < -0.39 is 0 Å². The Hall–Kier alpha value is -0.0800. The quantitative estimate of drug-likeness (QED) is 0.609. The summed E-state index contributed by atoms with van der Waals surface area (Å²) in [6.45, 7) is 6.59. The zero-order valence-corrected chi connectivity index (χ0v) is 11.1. The SMILES string of the molecule is CCCCCCCC(C)NCC1CCCO1. The van der Waals surface area contributed by atoms with Crippen LogP contribution < -0.4 is 5.32 Å². The summed E-state index contributed by atoms with van der Waals surface area (Å²) in [6, 6.07) is 0.658. The van der Waals surface area contributed by atoms with Crippen molar-refractivity contribution in [2.45, 2.75) is 77.4 Å². The Morgan fingerprint density at radius 3 is 2.75 bits per heavy atom. The van der Waals surface area contributed by atoms with Gasteiger partial charge in [0.2, 0.25) is 0 Å². The lowest BCUT2D eigenvalue weighted by Crippen LogP contribution is -2.33. The molecule has 2 atom stereocenters. The molecule has 0 spiro atoms. The second-order valence-electron chi connectivity index (χ2n) is 5.15. The Morgan fingerprint density at radius 2 is 2.06 bits per heavy atom. The summed E-state index contributed by atoms with van der Waals surface area (Å²) in [5.41, 5.74) is 0. The van der Waals surface area contributed by atoms with Crippen LogP contribution in [0.1, 0.15) is 65.2 Å². The van der Waals surface area contributed by atoms with Gasteiger partial charge < -0.3 is 10.1 Å². The maximum atomic E-state index is 5.60. The maximum Gasteiger partial charge on any atom is 0.0700 e. The molecule has 0 amide bonds. The van der Waals surface area contributed by atoms with Crippen molar-refractivity contribution in [3.8, 4) is 0 Å². The van der Waals surface area contributed by atoms with Crippen LogP contribution in [-0.2, 0) is 4.74 Å². The van der Waals surface area contributed by atoms with E-state index in [1.807, 2.05) is 0 Å². The fraction of sp³-hybridized carbons (Fsp3) is 1.00. The van der Waals surface area contributed by atoms with Crippen molar-refractivity contribution in [3.63, 3.8) is 0 Å². The third-order valence-electron chi connectivity index (χ3n) is 3.46. The van der Waals surface area contributed by atoms with Gasteiger partial charge in [0.25, 0.3) is 0 Å². The van der Waals surface area contributed by atoms with E-state index in [-0.39, 0.29) is 0 Å². The highest BCUT2D eigenvalue weighted by Gasteiger charge is 2.15. The Balaban J connectivity index is 1.87. The molecule has 1 aliphatic heterocycles. The number of nitrogens with one attached hydrogen (secondary N) is 1. The third-order valence-corrected chi connectivity index (χ3v) is 3.46. The van der Waals surface area contributed by atoms with E-state index in [1.54, 1.807) is 0 Å².